The molecule has 0 aliphatic carbocycles. The lowest BCUT2D eigenvalue weighted by atomic mass is 10.1. The van der Waals surface area contributed by atoms with Crippen LogP contribution in [0.2, 0.25) is 0 Å². The molecule has 24 heavy (non-hydrogen) atoms. The van der Waals surface area contributed by atoms with E-state index in [0.717, 1.165) is 5.56 Å². The SMILES string of the molecule is O=C(CC(F)(F)F)N1CCN(CCc2ccc([N+](=O)[O-])cc2)CC1. The predicted molar refractivity (Wildman–Crippen MR) is 80.5 cm³/mol. The Morgan fingerprint density at radius 3 is 2.21 bits per heavy atom. The second kappa shape index (κ2) is 7.61. The summed E-state index contributed by atoms with van der Waals surface area (Å²) >= 11 is 0. The number of rotatable bonds is 5. The van der Waals surface area contributed by atoms with Gasteiger partial charge in [0.2, 0.25) is 5.91 Å². The van der Waals surface area contributed by atoms with Gasteiger partial charge in [0.25, 0.3) is 5.69 Å². The second-order valence-corrected chi connectivity index (χ2v) is 5.69. The van der Waals surface area contributed by atoms with Crippen LogP contribution in [-0.4, -0.2) is 59.5 Å². The van der Waals surface area contributed by atoms with Gasteiger partial charge in [-0.1, -0.05) is 12.1 Å². The maximum absolute atomic E-state index is 12.2. The number of alkyl halides is 3. The molecule has 1 fully saturated rings. The summed E-state index contributed by atoms with van der Waals surface area (Å²) in [5.41, 5.74) is 0.992. The summed E-state index contributed by atoms with van der Waals surface area (Å²) in [6.07, 6.45) is -5.19. The van der Waals surface area contributed by atoms with Crippen molar-refractivity contribution in [3.63, 3.8) is 0 Å². The first-order valence-corrected chi connectivity index (χ1v) is 7.55. The summed E-state index contributed by atoms with van der Waals surface area (Å²) in [7, 11) is 0. The van der Waals surface area contributed by atoms with Crippen molar-refractivity contribution in [3.8, 4) is 0 Å². The maximum atomic E-state index is 12.2. The summed E-state index contributed by atoms with van der Waals surface area (Å²) in [6.45, 7) is 2.32. The lowest BCUT2D eigenvalue weighted by molar-refractivity contribution is -0.384. The lowest BCUT2D eigenvalue weighted by Gasteiger charge is -2.35. The largest absolute Gasteiger partial charge is 0.397 e. The molecule has 1 aliphatic rings. The monoisotopic (exact) mass is 345 g/mol. The third-order valence-electron chi connectivity index (χ3n) is 3.94. The second-order valence-electron chi connectivity index (χ2n) is 5.69. The van der Waals surface area contributed by atoms with Crippen molar-refractivity contribution in [1.29, 1.82) is 0 Å². The van der Waals surface area contributed by atoms with Crippen molar-refractivity contribution in [3.05, 3.63) is 39.9 Å². The molecule has 1 aromatic rings. The zero-order chi connectivity index (χ0) is 17.7. The van der Waals surface area contributed by atoms with E-state index in [1.807, 2.05) is 0 Å². The van der Waals surface area contributed by atoms with E-state index in [1.54, 1.807) is 12.1 Å². The summed E-state index contributed by atoms with van der Waals surface area (Å²) in [6, 6.07) is 6.29. The molecule has 0 aromatic heterocycles. The van der Waals surface area contributed by atoms with E-state index < -0.39 is 23.4 Å². The van der Waals surface area contributed by atoms with Crippen LogP contribution in [-0.2, 0) is 11.2 Å². The molecule has 9 heteroatoms. The van der Waals surface area contributed by atoms with Gasteiger partial charge in [-0.05, 0) is 12.0 Å². The fourth-order valence-corrected chi connectivity index (χ4v) is 2.58. The van der Waals surface area contributed by atoms with Crippen LogP contribution in [0.1, 0.15) is 12.0 Å². The molecule has 132 valence electrons. The molecular weight excluding hydrogens is 327 g/mol. The third-order valence-corrected chi connectivity index (χ3v) is 3.94. The van der Waals surface area contributed by atoms with Crippen molar-refractivity contribution < 1.29 is 22.9 Å². The van der Waals surface area contributed by atoms with Crippen LogP contribution in [0.15, 0.2) is 24.3 Å². The van der Waals surface area contributed by atoms with Gasteiger partial charge in [0, 0.05) is 44.9 Å². The summed E-state index contributed by atoms with van der Waals surface area (Å²) < 4.78 is 36.7. The van der Waals surface area contributed by atoms with E-state index >= 15 is 0 Å². The highest BCUT2D eigenvalue weighted by atomic mass is 19.4. The van der Waals surface area contributed by atoms with Gasteiger partial charge in [-0.15, -0.1) is 0 Å². The standard InChI is InChI=1S/C15H18F3N3O3/c16-15(17,18)11-14(22)20-9-7-19(8-10-20)6-5-12-1-3-13(4-2-12)21(23)24/h1-4H,5-11H2. The molecule has 1 amide bonds. The van der Waals surface area contributed by atoms with Gasteiger partial charge >= 0.3 is 6.18 Å². The number of hydrogen-bond acceptors (Lipinski definition) is 4. The zero-order valence-corrected chi connectivity index (χ0v) is 13.0. The first-order chi connectivity index (χ1) is 11.2. The van der Waals surface area contributed by atoms with Crippen LogP contribution in [0.3, 0.4) is 0 Å². The lowest BCUT2D eigenvalue weighted by Crippen LogP contribution is -2.49. The average molecular weight is 345 g/mol. The number of nitro benzene ring substituents is 1. The van der Waals surface area contributed by atoms with Gasteiger partial charge < -0.3 is 4.90 Å². The molecule has 0 radical (unpaired) electrons. The Balaban J connectivity index is 1.75. The van der Waals surface area contributed by atoms with Crippen molar-refractivity contribution in [2.45, 2.75) is 19.0 Å². The molecule has 0 N–H and O–H groups in total. The van der Waals surface area contributed by atoms with Gasteiger partial charge in [-0.2, -0.15) is 13.2 Å². The zero-order valence-electron chi connectivity index (χ0n) is 13.0. The van der Waals surface area contributed by atoms with Gasteiger partial charge in [0.1, 0.15) is 6.42 Å². The molecule has 0 atom stereocenters. The molecule has 1 aromatic carbocycles. The number of piperazine rings is 1. The number of halogens is 3. The summed E-state index contributed by atoms with van der Waals surface area (Å²) in [5.74, 6) is -0.877. The Bertz CT molecular complexity index is 582. The van der Waals surface area contributed by atoms with E-state index in [0.29, 0.717) is 26.1 Å². The smallest absolute Gasteiger partial charge is 0.340 e. The Morgan fingerprint density at radius 2 is 1.71 bits per heavy atom. The number of non-ortho nitro benzene ring substituents is 1. The fourth-order valence-electron chi connectivity index (χ4n) is 2.58. The summed E-state index contributed by atoms with van der Waals surface area (Å²) in [5, 5.41) is 10.6. The number of amides is 1. The third kappa shape index (κ3) is 5.48. The van der Waals surface area contributed by atoms with E-state index in [9.17, 15) is 28.1 Å². The van der Waals surface area contributed by atoms with Crippen molar-refractivity contribution in [2.24, 2.45) is 0 Å². The summed E-state index contributed by atoms with van der Waals surface area (Å²) in [4.78, 5) is 25.0. The normalized spacial score (nSPS) is 16.2. The minimum absolute atomic E-state index is 0.0375. The highest BCUT2D eigenvalue weighted by molar-refractivity contribution is 5.76. The van der Waals surface area contributed by atoms with E-state index in [4.69, 9.17) is 0 Å². The first kappa shape index (κ1) is 18.2. The number of carbonyl (C=O) groups excluding carboxylic acids is 1. The fraction of sp³-hybridized carbons (Fsp3) is 0.533. The highest BCUT2D eigenvalue weighted by Crippen LogP contribution is 2.21. The molecule has 0 saturated carbocycles. The molecular formula is C15H18F3N3O3. The van der Waals surface area contributed by atoms with Crippen LogP contribution in [0.5, 0.6) is 0 Å². The molecule has 1 aliphatic heterocycles. The Hall–Kier alpha value is -2.16. The number of benzene rings is 1. The van der Waals surface area contributed by atoms with Gasteiger partial charge in [-0.3, -0.25) is 19.8 Å². The molecule has 2 rings (SSSR count). The molecule has 6 nitrogen and oxygen atoms in total. The van der Waals surface area contributed by atoms with E-state index in [2.05, 4.69) is 4.90 Å². The molecule has 0 unspecified atom stereocenters. The number of nitro groups is 1. The predicted octanol–water partition coefficient (Wildman–Crippen LogP) is 2.23. The molecule has 0 spiro atoms. The van der Waals surface area contributed by atoms with Crippen LogP contribution in [0, 0.1) is 10.1 Å². The Labute approximate surface area is 137 Å². The van der Waals surface area contributed by atoms with Crippen molar-refractivity contribution >= 4 is 11.6 Å². The number of nitrogens with zero attached hydrogens (tertiary/aromatic N) is 3. The molecule has 0 bridgehead atoms. The quantitative estimate of drug-likeness (QED) is 0.606. The van der Waals surface area contributed by atoms with Gasteiger partial charge in [0.15, 0.2) is 0 Å². The van der Waals surface area contributed by atoms with Crippen LogP contribution in [0.4, 0.5) is 18.9 Å². The average Bonchev–Trinajstić information content (AvgIpc) is 2.52. The van der Waals surface area contributed by atoms with Crippen molar-refractivity contribution in [1.82, 2.24) is 9.80 Å². The minimum Gasteiger partial charge on any atom is -0.340 e. The van der Waals surface area contributed by atoms with Gasteiger partial charge in [0.05, 0.1) is 4.92 Å². The van der Waals surface area contributed by atoms with E-state index in [1.165, 1.54) is 17.0 Å². The van der Waals surface area contributed by atoms with Crippen LogP contribution >= 0.6 is 0 Å². The molecule has 1 saturated heterocycles. The van der Waals surface area contributed by atoms with Gasteiger partial charge in [-0.25, -0.2) is 0 Å². The van der Waals surface area contributed by atoms with Crippen LogP contribution < -0.4 is 0 Å². The first-order valence-electron chi connectivity index (χ1n) is 7.55. The Kier molecular flexibility index (Phi) is 5.76. The van der Waals surface area contributed by atoms with Crippen molar-refractivity contribution in [2.75, 3.05) is 32.7 Å². The number of hydrogen-bond donors (Lipinski definition) is 0. The Morgan fingerprint density at radius 1 is 1.12 bits per heavy atom. The van der Waals surface area contributed by atoms with Crippen LogP contribution in [0.25, 0.3) is 0 Å². The highest BCUT2D eigenvalue weighted by Gasteiger charge is 2.34. The minimum atomic E-state index is -4.47. The topological polar surface area (TPSA) is 66.7 Å². The molecule has 1 heterocycles. The van der Waals surface area contributed by atoms with E-state index in [-0.39, 0.29) is 18.8 Å². The maximum Gasteiger partial charge on any atom is 0.397 e. The number of carbonyl (C=O) groups is 1.